The summed E-state index contributed by atoms with van der Waals surface area (Å²) in [5.74, 6) is 0. The van der Waals surface area contributed by atoms with Crippen LogP contribution in [0.5, 0.6) is 0 Å². The Morgan fingerprint density at radius 3 is 1.69 bits per heavy atom. The molecule has 0 aliphatic heterocycles. The average Bonchev–Trinajstić information content (AvgIpc) is 2.34. The Labute approximate surface area is 100 Å². The zero-order chi connectivity index (χ0) is 12.4. The third-order valence-electron chi connectivity index (χ3n) is 3.50. The van der Waals surface area contributed by atoms with Crippen molar-refractivity contribution < 1.29 is 9.47 Å². The zero-order valence-electron chi connectivity index (χ0n) is 11.3. The SMILES string of the molecule is CCC(CC)(CN)N(CCOC)CCOC. The molecule has 0 aromatic carbocycles. The summed E-state index contributed by atoms with van der Waals surface area (Å²) in [6, 6.07) is 0. The molecule has 0 rings (SSSR count). The largest absolute Gasteiger partial charge is 0.383 e. The monoisotopic (exact) mass is 232 g/mol. The summed E-state index contributed by atoms with van der Waals surface area (Å²) in [4.78, 5) is 2.40. The molecule has 4 heteroatoms. The van der Waals surface area contributed by atoms with E-state index in [0.717, 1.165) is 39.1 Å². The zero-order valence-corrected chi connectivity index (χ0v) is 11.3. The molecule has 0 aromatic rings. The van der Waals surface area contributed by atoms with Crippen molar-refractivity contribution in [2.45, 2.75) is 32.2 Å². The molecule has 0 bridgehead atoms. The highest BCUT2D eigenvalue weighted by Gasteiger charge is 2.31. The van der Waals surface area contributed by atoms with Crippen LogP contribution in [-0.4, -0.2) is 57.5 Å². The number of rotatable bonds is 10. The molecule has 98 valence electrons. The van der Waals surface area contributed by atoms with Gasteiger partial charge in [-0.15, -0.1) is 0 Å². The molecule has 0 saturated carbocycles. The van der Waals surface area contributed by atoms with Crippen LogP contribution in [0.25, 0.3) is 0 Å². The predicted octanol–water partition coefficient (Wildman–Crippen LogP) is 1.10. The molecule has 0 amide bonds. The molecule has 0 aromatic heterocycles. The first kappa shape index (κ1) is 15.8. The van der Waals surface area contributed by atoms with Crippen molar-refractivity contribution in [3.63, 3.8) is 0 Å². The Hall–Kier alpha value is -0.160. The number of ether oxygens (including phenoxy) is 2. The molecule has 0 unspecified atom stereocenters. The molecule has 0 heterocycles. The molecule has 2 N–H and O–H groups in total. The summed E-state index contributed by atoms with van der Waals surface area (Å²) in [6.07, 6.45) is 2.13. The number of hydrogen-bond acceptors (Lipinski definition) is 4. The van der Waals surface area contributed by atoms with E-state index >= 15 is 0 Å². The third kappa shape index (κ3) is 4.37. The van der Waals surface area contributed by atoms with Crippen LogP contribution in [0.15, 0.2) is 0 Å². The van der Waals surface area contributed by atoms with Crippen LogP contribution >= 0.6 is 0 Å². The number of nitrogens with zero attached hydrogens (tertiary/aromatic N) is 1. The van der Waals surface area contributed by atoms with Gasteiger partial charge in [-0.1, -0.05) is 13.8 Å². The van der Waals surface area contributed by atoms with Crippen LogP contribution in [-0.2, 0) is 9.47 Å². The first-order valence-corrected chi connectivity index (χ1v) is 6.13. The van der Waals surface area contributed by atoms with Crippen LogP contribution in [0.3, 0.4) is 0 Å². The summed E-state index contributed by atoms with van der Waals surface area (Å²) in [5.41, 5.74) is 6.04. The van der Waals surface area contributed by atoms with Crippen molar-refractivity contribution in [3.05, 3.63) is 0 Å². The Morgan fingerprint density at radius 1 is 1.00 bits per heavy atom. The maximum Gasteiger partial charge on any atom is 0.0589 e. The van der Waals surface area contributed by atoms with Crippen LogP contribution in [0.4, 0.5) is 0 Å². The molecule has 0 fully saturated rings. The van der Waals surface area contributed by atoms with Gasteiger partial charge in [0.1, 0.15) is 0 Å². The maximum absolute atomic E-state index is 5.95. The summed E-state index contributed by atoms with van der Waals surface area (Å²) >= 11 is 0. The second kappa shape index (κ2) is 8.93. The van der Waals surface area contributed by atoms with Gasteiger partial charge in [-0.05, 0) is 12.8 Å². The molecule has 0 atom stereocenters. The number of hydrogen-bond donors (Lipinski definition) is 1. The first-order chi connectivity index (χ1) is 7.70. The van der Waals surface area contributed by atoms with Gasteiger partial charge >= 0.3 is 0 Å². The van der Waals surface area contributed by atoms with E-state index in [1.807, 2.05) is 0 Å². The first-order valence-electron chi connectivity index (χ1n) is 6.13. The molecule has 0 radical (unpaired) electrons. The molecular formula is C12H28N2O2. The van der Waals surface area contributed by atoms with Crippen LogP contribution in [0, 0.1) is 0 Å². The van der Waals surface area contributed by atoms with Crippen molar-refractivity contribution in [1.82, 2.24) is 4.90 Å². The minimum absolute atomic E-state index is 0.0943. The highest BCUT2D eigenvalue weighted by Crippen LogP contribution is 2.22. The quantitative estimate of drug-likeness (QED) is 0.613. The van der Waals surface area contributed by atoms with E-state index in [4.69, 9.17) is 15.2 Å². The Bertz CT molecular complexity index is 145. The minimum atomic E-state index is 0.0943. The van der Waals surface area contributed by atoms with Crippen molar-refractivity contribution in [2.75, 3.05) is 47.1 Å². The third-order valence-corrected chi connectivity index (χ3v) is 3.50. The van der Waals surface area contributed by atoms with E-state index in [0.29, 0.717) is 6.54 Å². The Morgan fingerprint density at radius 2 is 1.44 bits per heavy atom. The Kier molecular flexibility index (Phi) is 8.84. The summed E-state index contributed by atoms with van der Waals surface area (Å²) in [6.45, 7) is 8.40. The second-order valence-corrected chi connectivity index (χ2v) is 4.11. The van der Waals surface area contributed by atoms with Gasteiger partial charge < -0.3 is 15.2 Å². The lowest BCUT2D eigenvalue weighted by Gasteiger charge is -2.42. The molecule has 0 spiro atoms. The van der Waals surface area contributed by atoms with E-state index < -0.39 is 0 Å². The van der Waals surface area contributed by atoms with Gasteiger partial charge in [0.15, 0.2) is 0 Å². The van der Waals surface area contributed by atoms with E-state index in [9.17, 15) is 0 Å². The van der Waals surface area contributed by atoms with E-state index in [-0.39, 0.29) is 5.54 Å². The molecule has 16 heavy (non-hydrogen) atoms. The standard InChI is InChI=1S/C12H28N2O2/c1-5-12(6-2,11-13)14(7-9-15-3)8-10-16-4/h5-11,13H2,1-4H3. The number of nitrogens with two attached hydrogens (primary N) is 1. The lowest BCUT2D eigenvalue weighted by Crippen LogP contribution is -2.55. The van der Waals surface area contributed by atoms with Gasteiger partial charge in [0, 0.05) is 39.4 Å². The molecule has 0 aliphatic carbocycles. The van der Waals surface area contributed by atoms with Gasteiger partial charge in [0.25, 0.3) is 0 Å². The fourth-order valence-electron chi connectivity index (χ4n) is 2.10. The van der Waals surface area contributed by atoms with E-state index in [1.54, 1.807) is 14.2 Å². The van der Waals surface area contributed by atoms with E-state index in [2.05, 4.69) is 18.7 Å². The fourth-order valence-corrected chi connectivity index (χ4v) is 2.10. The number of methoxy groups -OCH3 is 2. The molecule has 0 saturated heterocycles. The average molecular weight is 232 g/mol. The highest BCUT2D eigenvalue weighted by atomic mass is 16.5. The van der Waals surface area contributed by atoms with Gasteiger partial charge in [0.2, 0.25) is 0 Å². The summed E-state index contributed by atoms with van der Waals surface area (Å²) in [7, 11) is 3.47. The van der Waals surface area contributed by atoms with Gasteiger partial charge in [-0.3, -0.25) is 4.90 Å². The lowest BCUT2D eigenvalue weighted by molar-refractivity contribution is 0.0319. The van der Waals surface area contributed by atoms with Crippen molar-refractivity contribution in [2.24, 2.45) is 5.73 Å². The predicted molar refractivity (Wildman–Crippen MR) is 67.7 cm³/mol. The minimum Gasteiger partial charge on any atom is -0.383 e. The van der Waals surface area contributed by atoms with Gasteiger partial charge in [0.05, 0.1) is 13.2 Å². The second-order valence-electron chi connectivity index (χ2n) is 4.11. The normalized spacial score (nSPS) is 12.4. The molecule has 0 aliphatic rings. The summed E-state index contributed by atoms with van der Waals surface area (Å²) in [5, 5.41) is 0. The van der Waals surface area contributed by atoms with Gasteiger partial charge in [-0.25, -0.2) is 0 Å². The molecular weight excluding hydrogens is 204 g/mol. The Balaban J connectivity index is 4.52. The van der Waals surface area contributed by atoms with Crippen molar-refractivity contribution in [1.29, 1.82) is 0 Å². The maximum atomic E-state index is 5.95. The summed E-state index contributed by atoms with van der Waals surface area (Å²) < 4.78 is 10.3. The van der Waals surface area contributed by atoms with Crippen LogP contribution < -0.4 is 5.73 Å². The van der Waals surface area contributed by atoms with Gasteiger partial charge in [-0.2, -0.15) is 0 Å². The van der Waals surface area contributed by atoms with Crippen molar-refractivity contribution >= 4 is 0 Å². The lowest BCUT2D eigenvalue weighted by atomic mass is 9.90. The van der Waals surface area contributed by atoms with E-state index in [1.165, 1.54) is 0 Å². The van der Waals surface area contributed by atoms with Crippen LogP contribution in [0.1, 0.15) is 26.7 Å². The van der Waals surface area contributed by atoms with Crippen LogP contribution in [0.2, 0.25) is 0 Å². The highest BCUT2D eigenvalue weighted by molar-refractivity contribution is 4.89. The topological polar surface area (TPSA) is 47.7 Å². The molecule has 4 nitrogen and oxygen atoms in total. The fraction of sp³-hybridized carbons (Fsp3) is 1.00. The smallest absolute Gasteiger partial charge is 0.0589 e. The van der Waals surface area contributed by atoms with Crippen molar-refractivity contribution in [3.8, 4) is 0 Å².